The van der Waals surface area contributed by atoms with Crippen LogP contribution in [0.1, 0.15) is 51.9 Å². The molecule has 0 bridgehead atoms. The lowest BCUT2D eigenvalue weighted by molar-refractivity contribution is -0.284. The molecule has 1 aliphatic heterocycles. The number of carboxylic acid groups (broad SMARTS) is 1. The van der Waals surface area contributed by atoms with Gasteiger partial charge in [0, 0.05) is 10.9 Å². The van der Waals surface area contributed by atoms with E-state index >= 15 is 0 Å². The number of carbonyl (C=O) groups excluding carboxylic acids is 1. The Morgan fingerprint density at radius 2 is 1.93 bits per heavy atom. The van der Waals surface area contributed by atoms with E-state index in [1.54, 1.807) is 12.1 Å². The fourth-order valence-corrected chi connectivity index (χ4v) is 6.42. The Morgan fingerprint density at radius 1 is 1.19 bits per heavy atom. The van der Waals surface area contributed by atoms with Gasteiger partial charge in [0.05, 0.1) is 41.0 Å². The second-order valence-electron chi connectivity index (χ2n) is 10.6. The highest BCUT2D eigenvalue weighted by Gasteiger charge is 2.57. The predicted molar refractivity (Wildman–Crippen MR) is 164 cm³/mol. The van der Waals surface area contributed by atoms with Crippen LogP contribution in [0.4, 0.5) is 0 Å². The first kappa shape index (κ1) is 33.2. The molecular formula is C30H37BrN2O9S. The van der Waals surface area contributed by atoms with Crippen molar-refractivity contribution in [3.8, 4) is 16.3 Å². The Bertz CT molecular complexity index is 1370. The number of amides is 1. The molecule has 6 unspecified atom stereocenters. The number of unbranched alkanes of at least 4 members (excludes halogenated alkanes) is 4. The molecule has 1 aliphatic rings. The van der Waals surface area contributed by atoms with Crippen molar-refractivity contribution in [3.63, 3.8) is 0 Å². The number of rotatable bonds is 14. The van der Waals surface area contributed by atoms with Crippen molar-refractivity contribution in [1.82, 2.24) is 10.3 Å². The fourth-order valence-electron chi connectivity index (χ4n) is 5.07. The normalized spacial score (nSPS) is 23.5. The molecule has 1 aromatic heterocycles. The van der Waals surface area contributed by atoms with Crippen LogP contribution in [-0.4, -0.2) is 85.2 Å². The number of nitrogens with one attached hydrogen (secondary N) is 1. The van der Waals surface area contributed by atoms with Gasteiger partial charge in [-0.05, 0) is 36.8 Å². The zero-order valence-corrected chi connectivity index (χ0v) is 26.1. The molecular weight excluding hydrogens is 644 g/mol. The zero-order chi connectivity index (χ0) is 31.1. The first-order valence-electron chi connectivity index (χ1n) is 14.3. The summed E-state index contributed by atoms with van der Waals surface area (Å²) < 4.78 is 13.5. The van der Waals surface area contributed by atoms with Gasteiger partial charge in [0.25, 0.3) is 0 Å². The summed E-state index contributed by atoms with van der Waals surface area (Å²) in [7, 11) is 0. The number of nitrogens with zero attached hydrogens (tertiary/aromatic N) is 1. The number of aromatic nitrogens is 1. The van der Waals surface area contributed by atoms with Gasteiger partial charge in [0.1, 0.15) is 29.1 Å². The third-order valence-electron chi connectivity index (χ3n) is 7.39. The second-order valence-corrected chi connectivity index (χ2v) is 12.6. The minimum absolute atomic E-state index is 0.0855. The molecule has 6 atom stereocenters. The predicted octanol–water partition coefficient (Wildman–Crippen LogP) is 3.59. The van der Waals surface area contributed by atoms with Gasteiger partial charge in [-0.25, -0.2) is 9.78 Å². The van der Waals surface area contributed by atoms with Crippen LogP contribution < -0.4 is 10.1 Å². The molecule has 3 aromatic rings. The van der Waals surface area contributed by atoms with Gasteiger partial charge in [-0.15, -0.1) is 11.3 Å². The summed E-state index contributed by atoms with van der Waals surface area (Å²) in [4.78, 5) is 30.2. The quantitative estimate of drug-likeness (QED) is 0.138. The van der Waals surface area contributed by atoms with E-state index in [9.17, 15) is 35.1 Å². The van der Waals surface area contributed by atoms with Crippen molar-refractivity contribution >= 4 is 49.4 Å². The molecule has 1 fully saturated rings. The van der Waals surface area contributed by atoms with Gasteiger partial charge in [0.2, 0.25) is 5.91 Å². The summed E-state index contributed by atoms with van der Waals surface area (Å²) in [5, 5.41) is 55.4. The first-order valence-corrected chi connectivity index (χ1v) is 15.9. The SMILES string of the molecule is CCCCCCCC(=O)NC1C(O)CC(Oc2ccc(Br)cc2-c2nc3ccccc3s2)(C(=O)O)OC1C(O)C(O)CO. The van der Waals surface area contributed by atoms with E-state index in [-0.39, 0.29) is 12.2 Å². The van der Waals surface area contributed by atoms with Crippen LogP contribution in [0.2, 0.25) is 0 Å². The second kappa shape index (κ2) is 14.9. The van der Waals surface area contributed by atoms with Gasteiger partial charge in [0.15, 0.2) is 0 Å². The zero-order valence-electron chi connectivity index (χ0n) is 23.7. The number of thiazole rings is 1. The lowest BCUT2D eigenvalue weighted by atomic mass is 9.88. The highest BCUT2D eigenvalue weighted by molar-refractivity contribution is 9.10. The molecule has 1 amide bonds. The van der Waals surface area contributed by atoms with Crippen molar-refractivity contribution < 1.29 is 44.6 Å². The number of carboxylic acids is 1. The number of aliphatic hydroxyl groups is 4. The smallest absolute Gasteiger partial charge is 0.377 e. The standard InChI is InChI=1S/C30H37BrN2O9S/c1-2-3-4-5-6-11-24(37)33-25-20(35)15-30(29(39)40,42-27(25)26(38)21(36)16-34)41-22-13-12-17(31)14-18(22)28-32-19-9-7-8-10-23(19)43-28/h7-10,12-14,20-21,25-27,34-36,38H,2-6,11,15-16H2,1H3,(H,33,37)(H,39,40). The Morgan fingerprint density at radius 3 is 2.63 bits per heavy atom. The number of para-hydroxylation sites is 1. The molecule has 43 heavy (non-hydrogen) atoms. The van der Waals surface area contributed by atoms with E-state index in [1.807, 2.05) is 24.3 Å². The third-order valence-corrected chi connectivity index (χ3v) is 8.96. The molecule has 2 heterocycles. The maximum Gasteiger partial charge on any atom is 0.377 e. The van der Waals surface area contributed by atoms with Crippen LogP contribution in [0, 0.1) is 0 Å². The summed E-state index contributed by atoms with van der Waals surface area (Å²) in [6.07, 6.45) is -2.72. The molecule has 6 N–H and O–H groups in total. The summed E-state index contributed by atoms with van der Waals surface area (Å²) in [5.41, 5.74) is 1.20. The third kappa shape index (κ3) is 7.90. The maximum absolute atomic E-state index is 12.8. The summed E-state index contributed by atoms with van der Waals surface area (Å²) in [6, 6.07) is 11.1. The molecule has 234 valence electrons. The molecule has 0 saturated carbocycles. The van der Waals surface area contributed by atoms with Gasteiger partial charge in [-0.1, -0.05) is 60.7 Å². The lowest BCUT2D eigenvalue weighted by Gasteiger charge is -2.46. The molecule has 13 heteroatoms. The number of benzene rings is 2. The maximum atomic E-state index is 12.8. The summed E-state index contributed by atoms with van der Waals surface area (Å²) in [5.74, 6) is -4.46. The lowest BCUT2D eigenvalue weighted by Crippen LogP contribution is -2.68. The topological polar surface area (TPSA) is 179 Å². The van der Waals surface area contributed by atoms with E-state index in [0.717, 1.165) is 35.9 Å². The highest BCUT2D eigenvalue weighted by Crippen LogP contribution is 2.41. The minimum Gasteiger partial charge on any atom is -0.476 e. The number of hydrogen-bond donors (Lipinski definition) is 6. The molecule has 0 radical (unpaired) electrons. The molecule has 0 spiro atoms. The van der Waals surface area contributed by atoms with E-state index < -0.39 is 61.1 Å². The largest absolute Gasteiger partial charge is 0.476 e. The number of ether oxygens (including phenoxy) is 2. The van der Waals surface area contributed by atoms with Gasteiger partial charge < -0.3 is 40.3 Å². The monoisotopic (exact) mass is 680 g/mol. The van der Waals surface area contributed by atoms with E-state index in [0.29, 0.717) is 21.5 Å². The summed E-state index contributed by atoms with van der Waals surface area (Å²) >= 11 is 4.81. The average molecular weight is 682 g/mol. The number of halogens is 1. The van der Waals surface area contributed by atoms with E-state index in [1.165, 1.54) is 17.4 Å². The Balaban J connectivity index is 1.64. The fraction of sp³-hybridized carbons (Fsp3) is 0.500. The minimum atomic E-state index is -2.53. The number of carbonyl (C=O) groups is 2. The van der Waals surface area contributed by atoms with E-state index in [2.05, 4.69) is 33.2 Å². The average Bonchev–Trinajstić information content (AvgIpc) is 3.42. The Kier molecular flexibility index (Phi) is 11.5. The van der Waals surface area contributed by atoms with Gasteiger partial charge >= 0.3 is 11.8 Å². The molecule has 11 nitrogen and oxygen atoms in total. The number of hydrogen-bond acceptors (Lipinski definition) is 10. The molecule has 2 aromatic carbocycles. The molecule has 0 aliphatic carbocycles. The van der Waals surface area contributed by atoms with Crippen LogP contribution in [0.5, 0.6) is 5.75 Å². The summed E-state index contributed by atoms with van der Waals surface area (Å²) in [6.45, 7) is 1.22. The molecule has 4 rings (SSSR count). The first-order chi connectivity index (χ1) is 20.6. The van der Waals surface area contributed by atoms with Crippen LogP contribution in [-0.2, 0) is 14.3 Å². The van der Waals surface area contributed by atoms with Crippen molar-refractivity contribution in [2.75, 3.05) is 6.61 Å². The van der Waals surface area contributed by atoms with Gasteiger partial charge in [-0.3, -0.25) is 4.79 Å². The van der Waals surface area contributed by atoms with Crippen molar-refractivity contribution in [2.45, 2.75) is 88.1 Å². The van der Waals surface area contributed by atoms with Crippen molar-refractivity contribution in [2.24, 2.45) is 0 Å². The number of aliphatic hydroxyl groups excluding tert-OH is 4. The Hall–Kier alpha value is -2.65. The Labute approximate surface area is 261 Å². The van der Waals surface area contributed by atoms with Gasteiger partial charge in [-0.2, -0.15) is 0 Å². The van der Waals surface area contributed by atoms with Crippen LogP contribution in [0.3, 0.4) is 0 Å². The van der Waals surface area contributed by atoms with Crippen LogP contribution in [0.15, 0.2) is 46.9 Å². The van der Waals surface area contributed by atoms with E-state index in [4.69, 9.17) is 9.47 Å². The molecule has 1 saturated heterocycles. The van der Waals surface area contributed by atoms with Crippen molar-refractivity contribution in [1.29, 1.82) is 0 Å². The number of aliphatic carboxylic acids is 1. The number of fused-ring (bicyclic) bond motifs is 1. The highest BCUT2D eigenvalue weighted by atomic mass is 79.9. The van der Waals surface area contributed by atoms with Crippen molar-refractivity contribution in [3.05, 3.63) is 46.9 Å². The van der Waals surface area contributed by atoms with Crippen LogP contribution >= 0.6 is 27.3 Å². The van der Waals surface area contributed by atoms with Crippen LogP contribution in [0.25, 0.3) is 20.8 Å².